The first-order chi connectivity index (χ1) is 51.3. The molecule has 20 nitrogen and oxygen atoms in total. The van der Waals surface area contributed by atoms with E-state index in [4.69, 9.17) is 111 Å². The van der Waals surface area contributed by atoms with Crippen molar-refractivity contribution in [1.29, 1.82) is 0 Å². The molecule has 4 atom stereocenters. The van der Waals surface area contributed by atoms with Gasteiger partial charge >= 0.3 is 18.0 Å². The highest BCUT2D eigenvalue weighted by Gasteiger charge is 2.41. The van der Waals surface area contributed by atoms with Crippen LogP contribution in [0.1, 0.15) is 138 Å². The number of hydrogen-bond donors (Lipinski definition) is 7. The first-order valence-electron chi connectivity index (χ1n) is 35.9. The average Bonchev–Trinajstić information content (AvgIpc) is 0.792. The molecule has 26 heteroatoms. The lowest BCUT2D eigenvalue weighted by Gasteiger charge is -2.39. The summed E-state index contributed by atoms with van der Waals surface area (Å²) in [5.74, 6) is 0.541. The number of anilines is 3. The Balaban J connectivity index is 0.000000194. The third-order valence-electron chi connectivity index (χ3n) is 17.7. The summed E-state index contributed by atoms with van der Waals surface area (Å²) in [7, 11) is 0. The molecule has 0 bridgehead atoms. The number of aliphatic hydroxyl groups is 1. The van der Waals surface area contributed by atoms with Crippen molar-refractivity contribution in [3.8, 4) is 33.8 Å². The van der Waals surface area contributed by atoms with Crippen LogP contribution in [0.4, 0.5) is 22.2 Å². The lowest BCUT2D eigenvalue weighted by Crippen LogP contribution is -2.56. The summed E-state index contributed by atoms with van der Waals surface area (Å²) in [4.78, 5) is 67.5. The summed E-state index contributed by atoms with van der Waals surface area (Å²) < 4.78 is 16.8. The molecule has 11 rings (SSSR count). The number of nitrogens with one attached hydrogen (secondary N) is 3. The van der Waals surface area contributed by atoms with E-state index in [-0.39, 0.29) is 30.7 Å². The van der Waals surface area contributed by atoms with E-state index < -0.39 is 34.9 Å². The minimum Gasteiger partial charge on any atom is -0.459 e. The molecular weight excluding hydrogens is 1490 g/mol. The number of likely N-dealkylation sites (tertiary alicyclic amines) is 1. The molecule has 6 aromatic carbocycles. The number of nitrogens with two attached hydrogens (primary N) is 3. The van der Waals surface area contributed by atoms with Gasteiger partial charge in [-0.25, -0.2) is 39.5 Å². The van der Waals surface area contributed by atoms with Gasteiger partial charge in [0.05, 0.1) is 59.4 Å². The van der Waals surface area contributed by atoms with Gasteiger partial charge in [-0.15, -0.1) is 0 Å². The molecule has 5 heterocycles. The zero-order valence-corrected chi connectivity index (χ0v) is 66.8. The average molecular weight is 1590 g/mol. The van der Waals surface area contributed by atoms with Gasteiger partial charge in [-0.2, -0.15) is 0 Å². The fraction of sp³-hybridized carbons (Fsp3) is 0.378. The van der Waals surface area contributed by atoms with Gasteiger partial charge in [-0.3, -0.25) is 9.69 Å². The highest BCUT2D eigenvalue weighted by molar-refractivity contribution is 6.37. The van der Waals surface area contributed by atoms with E-state index >= 15 is 0 Å². The van der Waals surface area contributed by atoms with E-state index in [2.05, 4.69) is 54.1 Å². The summed E-state index contributed by atoms with van der Waals surface area (Å²) in [6.07, 6.45) is 10.7. The second-order valence-electron chi connectivity index (χ2n) is 29.6. The third kappa shape index (κ3) is 24.9. The van der Waals surface area contributed by atoms with E-state index in [1.165, 1.54) is 4.90 Å². The smallest absolute Gasteiger partial charge is 0.411 e. The lowest BCUT2D eigenvalue weighted by atomic mass is 9.96. The van der Waals surface area contributed by atoms with Crippen molar-refractivity contribution in [3.63, 3.8) is 0 Å². The summed E-state index contributed by atoms with van der Waals surface area (Å²) in [6.45, 7) is 18.9. The summed E-state index contributed by atoms with van der Waals surface area (Å²) >= 11 is 37.8. The number of hydrogen-bond acceptors (Lipinski definition) is 19. The Bertz CT molecular complexity index is 4530. The largest absolute Gasteiger partial charge is 0.459 e. The molecule has 2 aliphatic heterocycles. The Morgan fingerprint density at radius 2 is 0.833 bits per heavy atom. The maximum atomic E-state index is 13.2. The molecular formula is C82H95Cl6N13O7. The van der Waals surface area contributed by atoms with E-state index in [0.29, 0.717) is 153 Å². The van der Waals surface area contributed by atoms with Crippen LogP contribution in [-0.2, 0) is 82.0 Å². The molecule has 3 aromatic heterocycles. The van der Waals surface area contributed by atoms with Gasteiger partial charge in [-0.05, 0) is 221 Å². The molecule has 2 aliphatic rings. The molecule has 0 saturated carbocycles. The number of piperidine rings is 2. The van der Waals surface area contributed by atoms with Gasteiger partial charge in [0.15, 0.2) is 0 Å². The minimum atomic E-state index is -0.749. The molecule has 572 valence electrons. The van der Waals surface area contributed by atoms with Gasteiger partial charge in [-0.1, -0.05) is 142 Å². The number of aryl methyl sites for hydroxylation is 3. The van der Waals surface area contributed by atoms with Crippen LogP contribution in [0.3, 0.4) is 0 Å². The zero-order valence-electron chi connectivity index (χ0n) is 62.3. The van der Waals surface area contributed by atoms with Crippen LogP contribution in [0, 0.1) is 0 Å². The molecule has 9 aromatic rings. The first-order valence-corrected chi connectivity index (χ1v) is 38.2. The normalized spacial score (nSPS) is 15.9. The number of carbonyl (C=O) groups is 3. The molecule has 0 radical (unpaired) electrons. The van der Waals surface area contributed by atoms with Crippen LogP contribution in [0.2, 0.25) is 30.1 Å². The third-order valence-corrected chi connectivity index (χ3v) is 19.8. The highest BCUT2D eigenvalue weighted by Crippen LogP contribution is 2.33. The van der Waals surface area contributed by atoms with Crippen LogP contribution < -0.4 is 33.2 Å². The van der Waals surface area contributed by atoms with Crippen molar-refractivity contribution in [2.75, 3.05) is 30.3 Å². The number of ether oxygens (including phenoxy) is 3. The zero-order chi connectivity index (χ0) is 78.0. The molecule has 0 spiro atoms. The predicted octanol–water partition coefficient (Wildman–Crippen LogP) is 16.7. The number of halogens is 6. The van der Waals surface area contributed by atoms with Gasteiger partial charge in [0.1, 0.15) is 46.3 Å². The van der Waals surface area contributed by atoms with Crippen molar-refractivity contribution in [2.45, 2.75) is 187 Å². The SMILES string of the molecule is CC(C)(C)OC(=O)C1CC(NCc2cccc(-c3cnc(N)c(CCc4c(Cl)cccc4Cl)n3)c2)CCN1.CC(C)(C)OC(=O)C1CC(NCc2cccc(-c3cnc(N)c(CCc4c(Cl)cccc4Cl)n3)c2)CCN1C(=O)OC(C)(C)C.Nc1ncc(-c2cccc(CO)c2)nc1CCc1c(Cl)cccc1Cl. The molecule has 4 unspecified atom stereocenters. The Morgan fingerprint density at radius 1 is 0.481 bits per heavy atom. The summed E-state index contributed by atoms with van der Waals surface area (Å²) in [5, 5.41) is 23.5. The summed E-state index contributed by atoms with van der Waals surface area (Å²) in [6, 6.07) is 39.3. The van der Waals surface area contributed by atoms with Crippen molar-refractivity contribution >= 4 is 105 Å². The number of nitrogen functional groups attached to an aromatic ring is 3. The van der Waals surface area contributed by atoms with E-state index in [9.17, 15) is 19.5 Å². The fourth-order valence-electron chi connectivity index (χ4n) is 12.3. The van der Waals surface area contributed by atoms with Crippen LogP contribution >= 0.6 is 69.6 Å². The second kappa shape index (κ2) is 38.4. The van der Waals surface area contributed by atoms with E-state index in [1.807, 2.05) is 172 Å². The molecule has 108 heavy (non-hydrogen) atoms. The topological polar surface area (TPSA) is 294 Å². The van der Waals surface area contributed by atoms with Gasteiger partial charge < -0.3 is 52.5 Å². The number of nitrogens with zero attached hydrogens (tertiary/aromatic N) is 7. The van der Waals surface area contributed by atoms with E-state index in [0.717, 1.165) is 68.7 Å². The number of benzene rings is 6. The van der Waals surface area contributed by atoms with Crippen molar-refractivity contribution < 1.29 is 33.7 Å². The van der Waals surface area contributed by atoms with Gasteiger partial charge in [0.2, 0.25) is 0 Å². The maximum Gasteiger partial charge on any atom is 0.411 e. The van der Waals surface area contributed by atoms with Crippen molar-refractivity contribution in [3.05, 3.63) is 227 Å². The Morgan fingerprint density at radius 3 is 1.21 bits per heavy atom. The van der Waals surface area contributed by atoms with Crippen LogP contribution in [0.15, 0.2) is 146 Å². The molecule has 0 aliphatic carbocycles. The Hall–Kier alpha value is -8.25. The van der Waals surface area contributed by atoms with Gasteiger partial charge in [0.25, 0.3) is 0 Å². The lowest BCUT2D eigenvalue weighted by molar-refractivity contribution is -0.163. The minimum absolute atomic E-state index is 0.00980. The van der Waals surface area contributed by atoms with E-state index in [1.54, 1.807) is 18.6 Å². The van der Waals surface area contributed by atoms with Crippen molar-refractivity contribution in [2.24, 2.45) is 0 Å². The highest BCUT2D eigenvalue weighted by atomic mass is 35.5. The predicted molar refractivity (Wildman–Crippen MR) is 433 cm³/mol. The Kier molecular flexibility index (Phi) is 29.8. The monoisotopic (exact) mass is 1580 g/mol. The number of aliphatic hydroxyl groups excluding tert-OH is 1. The first kappa shape index (κ1) is 83.8. The quantitative estimate of drug-likeness (QED) is 0.0260. The van der Waals surface area contributed by atoms with Crippen molar-refractivity contribution in [1.82, 2.24) is 50.8 Å². The number of aromatic nitrogens is 6. The second-order valence-corrected chi connectivity index (χ2v) is 32.0. The number of amides is 1. The number of carbonyl (C=O) groups excluding carboxylic acids is 3. The molecule has 2 saturated heterocycles. The van der Waals surface area contributed by atoms with Crippen LogP contribution in [-0.4, -0.2) is 112 Å². The standard InChI is InChI=1S/C34H43Cl2N5O4.C29H35Cl2N5O2.C19H17Cl2N3O/c1-33(2,3)44-31(42)29-18-23(15-16-41(29)32(43)45-34(4,5)6)38-19-21-9-7-10-22(17-21)28-20-39-30(37)27(40-28)14-13-24-25(35)11-8-12-26(24)36;1-29(2,3)38-28(37)25-15-20(12-13-33-25)34-16-18-6-4-7-19(14-18)26-17-35-27(32)24(36-26)11-10-21-22(30)8-5-9-23(21)31;20-15-5-2-6-16(21)14(15)7-8-17-19(22)23-10-18(24-17)13-4-1-3-12(9-13)11-25/h7-12,17,20,23,29,38H,13-16,18-19H2,1-6H3,(H2,37,39);4-9,14,17,20,25,33-34H,10-13,15-16H2,1-3H3,(H2,32,35);1-6,9-10,25H,7-8,11H2,(H2,22,23). The molecule has 10 N–H and O–H groups in total. The number of esters is 2. The summed E-state index contributed by atoms with van der Waals surface area (Å²) in [5.41, 5.74) is 29.1. The maximum absolute atomic E-state index is 13.2. The van der Waals surface area contributed by atoms with Gasteiger partial charge in [0, 0.05) is 78.5 Å². The molecule has 2 fully saturated rings. The Labute approximate surface area is 662 Å². The van der Waals surface area contributed by atoms with Crippen LogP contribution in [0.25, 0.3) is 33.8 Å². The number of rotatable bonds is 21. The fourth-order valence-corrected chi connectivity index (χ4v) is 14.1. The molecule has 1 amide bonds. The van der Waals surface area contributed by atoms with Crippen LogP contribution in [0.5, 0.6) is 0 Å².